The van der Waals surface area contributed by atoms with Gasteiger partial charge in [-0.05, 0) is 43.7 Å². The van der Waals surface area contributed by atoms with Crippen molar-refractivity contribution in [1.82, 2.24) is 4.98 Å². The zero-order chi connectivity index (χ0) is 11.2. The number of nitrogens with zero attached hydrogens (tertiary/aromatic N) is 1. The minimum Gasteiger partial charge on any atom is -0.440 e. The minimum absolute atomic E-state index is 0.593. The van der Waals surface area contributed by atoms with Gasteiger partial charge in [0.1, 0.15) is 5.52 Å². The van der Waals surface area contributed by atoms with E-state index in [2.05, 4.69) is 22.4 Å². The van der Waals surface area contributed by atoms with Crippen molar-refractivity contribution in [1.29, 1.82) is 0 Å². The Morgan fingerprint density at radius 2 is 2.18 bits per heavy atom. The number of oxazole rings is 1. The van der Waals surface area contributed by atoms with Crippen LogP contribution in [0.25, 0.3) is 11.1 Å². The largest absolute Gasteiger partial charge is 0.440 e. The van der Waals surface area contributed by atoms with Crippen LogP contribution in [0.2, 0.25) is 0 Å². The molecule has 0 spiro atoms. The van der Waals surface area contributed by atoms with Gasteiger partial charge in [0.15, 0.2) is 11.5 Å². The van der Waals surface area contributed by atoms with Gasteiger partial charge >= 0.3 is 0 Å². The predicted molar refractivity (Wildman–Crippen MR) is 67.4 cm³/mol. The van der Waals surface area contributed by atoms with Crippen LogP contribution in [0, 0.1) is 0 Å². The number of fused-ring (bicyclic) bond motifs is 2. The molecule has 1 aromatic carbocycles. The molecule has 1 fully saturated rings. The molecule has 2 heterocycles. The van der Waals surface area contributed by atoms with Gasteiger partial charge in [0.25, 0.3) is 0 Å². The number of anilines is 1. The van der Waals surface area contributed by atoms with Gasteiger partial charge in [-0.1, -0.05) is 0 Å². The van der Waals surface area contributed by atoms with Crippen molar-refractivity contribution >= 4 is 16.8 Å². The van der Waals surface area contributed by atoms with Crippen molar-refractivity contribution in [2.24, 2.45) is 0 Å². The van der Waals surface area contributed by atoms with Crippen LogP contribution in [-0.4, -0.2) is 11.5 Å². The van der Waals surface area contributed by atoms with E-state index in [0.29, 0.717) is 5.92 Å². The van der Waals surface area contributed by atoms with Crippen molar-refractivity contribution in [2.45, 2.75) is 38.0 Å². The second-order valence-corrected chi connectivity index (χ2v) is 5.19. The lowest BCUT2D eigenvalue weighted by Crippen LogP contribution is -1.99. The SMILES string of the molecule is c1c2c(cc3oc(C4CC4)nc13)NCCCC2. The fraction of sp³-hybridized carbons (Fsp3) is 0.500. The Hall–Kier alpha value is -1.51. The summed E-state index contributed by atoms with van der Waals surface area (Å²) >= 11 is 0. The molecule has 1 aliphatic carbocycles. The Kier molecular flexibility index (Phi) is 1.95. The molecule has 3 heteroatoms. The highest BCUT2D eigenvalue weighted by atomic mass is 16.3. The van der Waals surface area contributed by atoms with Crippen LogP contribution < -0.4 is 5.32 Å². The Balaban J connectivity index is 1.84. The number of aryl methyl sites for hydroxylation is 1. The lowest BCUT2D eigenvalue weighted by atomic mass is 10.1. The fourth-order valence-electron chi connectivity index (χ4n) is 2.57. The first-order chi connectivity index (χ1) is 8.40. The Morgan fingerprint density at radius 3 is 3.06 bits per heavy atom. The second-order valence-electron chi connectivity index (χ2n) is 5.19. The summed E-state index contributed by atoms with van der Waals surface area (Å²) in [5, 5.41) is 3.48. The van der Waals surface area contributed by atoms with Crippen molar-refractivity contribution in [3.8, 4) is 0 Å². The van der Waals surface area contributed by atoms with E-state index in [1.807, 2.05) is 0 Å². The molecule has 1 saturated carbocycles. The molecule has 0 unspecified atom stereocenters. The number of aromatic nitrogens is 1. The van der Waals surface area contributed by atoms with Crippen LogP contribution in [-0.2, 0) is 6.42 Å². The third kappa shape index (κ3) is 1.61. The summed E-state index contributed by atoms with van der Waals surface area (Å²) < 4.78 is 5.85. The summed E-state index contributed by atoms with van der Waals surface area (Å²) in [5.41, 5.74) is 4.62. The second kappa shape index (κ2) is 3.49. The lowest BCUT2D eigenvalue weighted by Gasteiger charge is -2.05. The van der Waals surface area contributed by atoms with Crippen LogP contribution in [0.5, 0.6) is 0 Å². The molecule has 2 aromatic rings. The topological polar surface area (TPSA) is 38.1 Å². The molecule has 1 aliphatic heterocycles. The van der Waals surface area contributed by atoms with Crippen molar-refractivity contribution in [3.63, 3.8) is 0 Å². The van der Waals surface area contributed by atoms with E-state index >= 15 is 0 Å². The van der Waals surface area contributed by atoms with Gasteiger partial charge in [0, 0.05) is 24.2 Å². The van der Waals surface area contributed by atoms with E-state index in [1.54, 1.807) is 0 Å². The highest BCUT2D eigenvalue weighted by molar-refractivity contribution is 5.80. The summed E-state index contributed by atoms with van der Waals surface area (Å²) in [6, 6.07) is 4.34. The number of hydrogen-bond acceptors (Lipinski definition) is 3. The van der Waals surface area contributed by atoms with Crippen LogP contribution in [0.1, 0.15) is 43.1 Å². The fourth-order valence-corrected chi connectivity index (χ4v) is 2.57. The first-order valence-corrected chi connectivity index (χ1v) is 6.57. The molecule has 2 aliphatic rings. The Bertz CT molecular complexity index is 526. The monoisotopic (exact) mass is 228 g/mol. The smallest absolute Gasteiger partial charge is 0.198 e. The zero-order valence-corrected chi connectivity index (χ0v) is 9.83. The summed E-state index contributed by atoms with van der Waals surface area (Å²) in [6.07, 6.45) is 6.15. The molecule has 0 bridgehead atoms. The maximum Gasteiger partial charge on any atom is 0.198 e. The Labute approximate surface area is 100 Å². The van der Waals surface area contributed by atoms with Crippen molar-refractivity contribution < 1.29 is 4.42 Å². The zero-order valence-electron chi connectivity index (χ0n) is 9.83. The molecular formula is C14H16N2O. The summed E-state index contributed by atoms with van der Waals surface area (Å²) in [5.74, 6) is 1.54. The first-order valence-electron chi connectivity index (χ1n) is 6.57. The maximum atomic E-state index is 5.85. The molecule has 88 valence electrons. The average molecular weight is 228 g/mol. The van der Waals surface area contributed by atoms with Gasteiger partial charge < -0.3 is 9.73 Å². The highest BCUT2D eigenvalue weighted by Gasteiger charge is 2.29. The molecule has 1 N–H and O–H groups in total. The molecule has 0 amide bonds. The standard InChI is InChI=1S/C14H16N2O/c1-2-6-15-11-8-13-12(7-10(11)3-1)16-14(17-13)9-4-5-9/h7-9,15H,1-6H2. The number of benzene rings is 1. The molecule has 17 heavy (non-hydrogen) atoms. The van der Waals surface area contributed by atoms with E-state index < -0.39 is 0 Å². The molecule has 0 radical (unpaired) electrons. The lowest BCUT2D eigenvalue weighted by molar-refractivity contribution is 0.533. The quantitative estimate of drug-likeness (QED) is 0.812. The third-order valence-corrected chi connectivity index (χ3v) is 3.74. The van der Waals surface area contributed by atoms with E-state index in [4.69, 9.17) is 4.42 Å². The van der Waals surface area contributed by atoms with Gasteiger partial charge in [-0.3, -0.25) is 0 Å². The van der Waals surface area contributed by atoms with Gasteiger partial charge in [-0.25, -0.2) is 4.98 Å². The predicted octanol–water partition coefficient (Wildman–Crippen LogP) is 3.45. The van der Waals surface area contributed by atoms with Gasteiger partial charge in [-0.2, -0.15) is 0 Å². The minimum atomic E-state index is 0.593. The molecular weight excluding hydrogens is 212 g/mol. The third-order valence-electron chi connectivity index (χ3n) is 3.74. The molecule has 4 rings (SSSR count). The first kappa shape index (κ1) is 9.51. The summed E-state index contributed by atoms with van der Waals surface area (Å²) in [4.78, 5) is 4.62. The molecule has 1 aromatic heterocycles. The highest BCUT2D eigenvalue weighted by Crippen LogP contribution is 2.41. The van der Waals surface area contributed by atoms with E-state index in [-0.39, 0.29) is 0 Å². The van der Waals surface area contributed by atoms with E-state index in [9.17, 15) is 0 Å². The summed E-state index contributed by atoms with van der Waals surface area (Å²) in [7, 11) is 0. The van der Waals surface area contributed by atoms with E-state index in [1.165, 1.54) is 36.9 Å². The van der Waals surface area contributed by atoms with Gasteiger partial charge in [0.05, 0.1) is 0 Å². The van der Waals surface area contributed by atoms with Crippen LogP contribution >= 0.6 is 0 Å². The number of nitrogens with one attached hydrogen (secondary N) is 1. The summed E-state index contributed by atoms with van der Waals surface area (Å²) in [6.45, 7) is 1.07. The molecule has 0 atom stereocenters. The van der Waals surface area contributed by atoms with Crippen LogP contribution in [0.15, 0.2) is 16.5 Å². The van der Waals surface area contributed by atoms with Gasteiger partial charge in [-0.15, -0.1) is 0 Å². The van der Waals surface area contributed by atoms with E-state index in [0.717, 1.165) is 30.0 Å². The van der Waals surface area contributed by atoms with Crippen molar-refractivity contribution in [3.05, 3.63) is 23.6 Å². The van der Waals surface area contributed by atoms with Crippen LogP contribution in [0.3, 0.4) is 0 Å². The molecule has 0 saturated heterocycles. The molecule has 3 nitrogen and oxygen atoms in total. The number of hydrogen-bond donors (Lipinski definition) is 1. The maximum absolute atomic E-state index is 5.85. The van der Waals surface area contributed by atoms with Gasteiger partial charge in [0.2, 0.25) is 0 Å². The Morgan fingerprint density at radius 1 is 1.24 bits per heavy atom. The van der Waals surface area contributed by atoms with Crippen molar-refractivity contribution in [2.75, 3.05) is 11.9 Å². The number of rotatable bonds is 1. The average Bonchev–Trinajstić information content (AvgIpc) is 3.11. The van der Waals surface area contributed by atoms with Crippen LogP contribution in [0.4, 0.5) is 5.69 Å². The normalized spacial score (nSPS) is 19.8.